The second-order valence-corrected chi connectivity index (χ2v) is 10.7. The highest BCUT2D eigenvalue weighted by Crippen LogP contribution is 2.34. The van der Waals surface area contributed by atoms with Gasteiger partial charge >= 0.3 is 0 Å². The number of para-hydroxylation sites is 1. The number of hydrogen-bond donors (Lipinski definition) is 2. The number of ether oxygens (including phenoxy) is 1. The van der Waals surface area contributed by atoms with E-state index in [1.807, 2.05) is 0 Å². The molecule has 1 heterocycles. The second-order valence-electron chi connectivity index (χ2n) is 9.45. The van der Waals surface area contributed by atoms with Crippen LogP contribution in [0.5, 0.6) is 5.75 Å². The van der Waals surface area contributed by atoms with E-state index in [-0.39, 0.29) is 23.9 Å². The van der Waals surface area contributed by atoms with E-state index in [0.717, 1.165) is 4.90 Å². The van der Waals surface area contributed by atoms with Gasteiger partial charge < -0.3 is 15.4 Å². The van der Waals surface area contributed by atoms with Gasteiger partial charge in [-0.2, -0.15) is 0 Å². The third kappa shape index (κ3) is 6.99. The number of imide groups is 1. The molecule has 10 heteroatoms. The van der Waals surface area contributed by atoms with Crippen LogP contribution < -0.4 is 20.3 Å². The maximum atomic E-state index is 13.4. The van der Waals surface area contributed by atoms with Crippen LogP contribution in [0.15, 0.2) is 114 Å². The fraction of sp³-hybridized carbons (Fsp3) is 0.0909. The third-order valence-electron chi connectivity index (χ3n) is 6.55. The van der Waals surface area contributed by atoms with E-state index in [0.29, 0.717) is 33.1 Å². The fourth-order valence-electron chi connectivity index (χ4n) is 4.42. The number of thioether (sulfide) groups is 1. The van der Waals surface area contributed by atoms with Crippen LogP contribution in [0, 0.1) is 5.82 Å². The first-order valence-electron chi connectivity index (χ1n) is 13.2. The normalized spacial score (nSPS) is 14.9. The van der Waals surface area contributed by atoms with Crippen molar-refractivity contribution in [2.24, 2.45) is 0 Å². The minimum atomic E-state index is -0.637. The van der Waals surface area contributed by atoms with Crippen LogP contribution in [0.1, 0.15) is 22.3 Å². The molecular formula is C33H26FN3O5S. The number of carbonyl (C=O) groups excluding carboxylic acids is 4. The first-order chi connectivity index (χ1) is 20.8. The maximum absolute atomic E-state index is 13.4. The van der Waals surface area contributed by atoms with Crippen LogP contribution in [0.2, 0.25) is 0 Å². The Hall–Kier alpha value is -5.22. The molecule has 43 heavy (non-hydrogen) atoms. The predicted octanol–water partition coefficient (Wildman–Crippen LogP) is 5.67. The summed E-state index contributed by atoms with van der Waals surface area (Å²) in [5.74, 6) is -1.66. The number of methoxy groups -OCH3 is 1. The largest absolute Gasteiger partial charge is 0.496 e. The van der Waals surface area contributed by atoms with Crippen molar-refractivity contribution in [2.75, 3.05) is 17.3 Å². The Morgan fingerprint density at radius 3 is 2.28 bits per heavy atom. The Balaban J connectivity index is 1.29. The summed E-state index contributed by atoms with van der Waals surface area (Å²) in [6.45, 7) is 0. The van der Waals surface area contributed by atoms with Gasteiger partial charge in [0.1, 0.15) is 17.3 Å². The van der Waals surface area contributed by atoms with Crippen LogP contribution in [0.4, 0.5) is 15.8 Å². The first-order valence-corrected chi connectivity index (χ1v) is 14.1. The zero-order valence-corrected chi connectivity index (χ0v) is 23.8. The molecule has 4 amide bonds. The van der Waals surface area contributed by atoms with Gasteiger partial charge in [0.2, 0.25) is 11.8 Å². The lowest BCUT2D eigenvalue weighted by Crippen LogP contribution is -2.31. The van der Waals surface area contributed by atoms with Gasteiger partial charge in [-0.3, -0.25) is 19.2 Å². The molecule has 8 nitrogen and oxygen atoms in total. The molecule has 0 radical (unpaired) electrons. The Morgan fingerprint density at radius 1 is 0.907 bits per heavy atom. The van der Waals surface area contributed by atoms with E-state index in [1.54, 1.807) is 78.9 Å². The van der Waals surface area contributed by atoms with Gasteiger partial charge in [-0.15, -0.1) is 11.8 Å². The van der Waals surface area contributed by atoms with Crippen LogP contribution in [-0.4, -0.2) is 36.0 Å². The Kier molecular flexibility index (Phi) is 8.97. The highest BCUT2D eigenvalue weighted by molar-refractivity contribution is 8.00. The summed E-state index contributed by atoms with van der Waals surface area (Å²) in [6.07, 6.45) is 1.55. The Labute approximate surface area is 251 Å². The molecule has 0 bridgehead atoms. The summed E-state index contributed by atoms with van der Waals surface area (Å²) in [7, 11) is 1.52. The highest BCUT2D eigenvalue weighted by Gasteiger charge is 2.40. The van der Waals surface area contributed by atoms with Crippen molar-refractivity contribution in [1.82, 2.24) is 5.32 Å². The predicted molar refractivity (Wildman–Crippen MR) is 163 cm³/mol. The van der Waals surface area contributed by atoms with Crippen LogP contribution in [-0.2, 0) is 14.4 Å². The number of benzene rings is 4. The molecule has 1 saturated heterocycles. The summed E-state index contributed by atoms with van der Waals surface area (Å²) in [6, 6.07) is 27.6. The van der Waals surface area contributed by atoms with E-state index in [1.165, 1.54) is 49.2 Å². The van der Waals surface area contributed by atoms with Crippen molar-refractivity contribution in [3.8, 4) is 5.75 Å². The fourth-order valence-corrected chi connectivity index (χ4v) is 5.47. The number of amides is 4. The van der Waals surface area contributed by atoms with Gasteiger partial charge in [0, 0.05) is 28.1 Å². The van der Waals surface area contributed by atoms with Gasteiger partial charge in [-0.25, -0.2) is 9.29 Å². The number of halogens is 1. The van der Waals surface area contributed by atoms with Crippen LogP contribution in [0.25, 0.3) is 6.08 Å². The number of nitrogens with zero attached hydrogens (tertiary/aromatic N) is 1. The van der Waals surface area contributed by atoms with E-state index >= 15 is 0 Å². The van der Waals surface area contributed by atoms with Gasteiger partial charge in [-0.1, -0.05) is 36.4 Å². The van der Waals surface area contributed by atoms with Crippen LogP contribution >= 0.6 is 11.8 Å². The minimum absolute atomic E-state index is 0.00718. The number of nitrogens with one attached hydrogen (secondary N) is 2. The topological polar surface area (TPSA) is 105 Å². The molecule has 5 rings (SSSR count). The van der Waals surface area contributed by atoms with Crippen LogP contribution in [0.3, 0.4) is 0 Å². The average Bonchev–Trinajstić information content (AvgIpc) is 3.30. The standard InChI is InChI=1S/C33H26FN3O5S/c1-42-28-10-6-5-9-22(28)19-27(36-31(39)21-7-3-2-4-8-21)32(40)35-24-13-17-26(18-14-24)43-29-20-30(38)37(33(29)41)25-15-11-23(34)12-16-25/h2-19,29H,20H2,1H3,(H,35,40)(H,36,39)/b27-19-. The monoisotopic (exact) mass is 595 g/mol. The second kappa shape index (κ2) is 13.2. The molecule has 1 aliphatic heterocycles. The van der Waals surface area contributed by atoms with E-state index in [4.69, 9.17) is 4.74 Å². The first kappa shape index (κ1) is 29.3. The quantitative estimate of drug-likeness (QED) is 0.191. The van der Waals surface area contributed by atoms with Crippen molar-refractivity contribution >= 4 is 52.8 Å². The molecule has 1 atom stereocenters. The number of carbonyl (C=O) groups is 4. The van der Waals surface area contributed by atoms with E-state index in [9.17, 15) is 23.6 Å². The third-order valence-corrected chi connectivity index (χ3v) is 7.75. The lowest BCUT2D eigenvalue weighted by Gasteiger charge is -2.15. The molecule has 1 aliphatic rings. The average molecular weight is 596 g/mol. The SMILES string of the molecule is COc1ccccc1/C=C(\NC(=O)c1ccccc1)C(=O)Nc1ccc(SC2CC(=O)N(c3ccc(F)cc3)C2=O)cc1. The van der Waals surface area contributed by atoms with Crippen molar-refractivity contribution < 1.29 is 28.3 Å². The molecule has 0 aliphatic carbocycles. The van der Waals surface area contributed by atoms with Crippen molar-refractivity contribution in [3.05, 3.63) is 126 Å². The molecule has 4 aromatic carbocycles. The zero-order valence-electron chi connectivity index (χ0n) is 23.0. The van der Waals surface area contributed by atoms with Crippen molar-refractivity contribution in [1.29, 1.82) is 0 Å². The van der Waals surface area contributed by atoms with E-state index in [2.05, 4.69) is 10.6 Å². The molecule has 0 spiro atoms. The lowest BCUT2D eigenvalue weighted by molar-refractivity contribution is -0.121. The molecule has 216 valence electrons. The van der Waals surface area contributed by atoms with Gasteiger partial charge in [0.25, 0.3) is 11.8 Å². The van der Waals surface area contributed by atoms with Gasteiger partial charge in [-0.05, 0) is 72.8 Å². The van der Waals surface area contributed by atoms with Gasteiger partial charge in [0.15, 0.2) is 0 Å². The van der Waals surface area contributed by atoms with Crippen molar-refractivity contribution in [2.45, 2.75) is 16.6 Å². The summed E-state index contributed by atoms with van der Waals surface area (Å²) in [4.78, 5) is 53.6. The number of rotatable bonds is 9. The molecule has 2 N–H and O–H groups in total. The molecule has 0 aromatic heterocycles. The number of anilines is 2. The lowest BCUT2D eigenvalue weighted by atomic mass is 10.1. The molecule has 1 unspecified atom stereocenters. The Morgan fingerprint density at radius 2 is 1.58 bits per heavy atom. The highest BCUT2D eigenvalue weighted by atomic mass is 32.2. The van der Waals surface area contributed by atoms with Gasteiger partial charge in [0.05, 0.1) is 18.0 Å². The maximum Gasteiger partial charge on any atom is 0.272 e. The molecule has 0 saturated carbocycles. The molecule has 4 aromatic rings. The molecule has 1 fully saturated rings. The summed E-state index contributed by atoms with van der Waals surface area (Å²) < 4.78 is 18.7. The summed E-state index contributed by atoms with van der Waals surface area (Å²) >= 11 is 1.23. The minimum Gasteiger partial charge on any atom is -0.496 e. The molecular weight excluding hydrogens is 569 g/mol. The van der Waals surface area contributed by atoms with Crippen molar-refractivity contribution in [3.63, 3.8) is 0 Å². The summed E-state index contributed by atoms with van der Waals surface area (Å²) in [5, 5.41) is 4.86. The number of hydrogen-bond acceptors (Lipinski definition) is 6. The smallest absolute Gasteiger partial charge is 0.272 e. The van der Waals surface area contributed by atoms with E-state index < -0.39 is 22.9 Å². The summed E-state index contributed by atoms with van der Waals surface area (Å²) in [5.41, 5.74) is 1.78. The Bertz CT molecular complexity index is 1690. The zero-order chi connectivity index (χ0) is 30.3.